The van der Waals surface area contributed by atoms with E-state index in [0.29, 0.717) is 18.8 Å². The lowest BCUT2D eigenvalue weighted by Crippen LogP contribution is -2.64. The van der Waals surface area contributed by atoms with Crippen molar-refractivity contribution < 1.29 is 48.3 Å². The number of carboxylic acid groups (broad SMARTS) is 1. The number of allylic oxidation sites excluding steroid dienone is 1. The lowest BCUT2D eigenvalue weighted by atomic mass is 9.43. The Kier molecular flexibility index (Phi) is 9.19. The molecule has 1 heterocycles. The van der Waals surface area contributed by atoms with Crippen LogP contribution in [-0.4, -0.2) is 72.5 Å². The minimum atomic E-state index is -1.44. The van der Waals surface area contributed by atoms with Crippen molar-refractivity contribution >= 4 is 18.4 Å². The summed E-state index contributed by atoms with van der Waals surface area (Å²) in [6.07, 6.45) is 0.984. The van der Waals surface area contributed by atoms with Gasteiger partial charge in [-0.25, -0.2) is 4.79 Å². The van der Waals surface area contributed by atoms with Gasteiger partial charge in [-0.15, -0.1) is 6.58 Å². The molecule has 0 aromatic heterocycles. The van der Waals surface area contributed by atoms with Gasteiger partial charge < -0.3 is 38.7 Å². The van der Waals surface area contributed by atoms with Crippen LogP contribution in [0.5, 0.6) is 0 Å². The number of hydrogen-bond acceptors (Lipinski definition) is 9. The summed E-state index contributed by atoms with van der Waals surface area (Å²) in [7, 11) is 0. The number of carboxylic acids is 1. The van der Waals surface area contributed by atoms with Crippen LogP contribution in [0.1, 0.15) is 58.9 Å². The summed E-state index contributed by atoms with van der Waals surface area (Å²) in [5.74, 6) is -0.761. The molecule has 4 aliphatic carbocycles. The summed E-state index contributed by atoms with van der Waals surface area (Å²) in [6, 6.07) is 9.13. The first-order valence-corrected chi connectivity index (χ1v) is 16.9. The maximum atomic E-state index is 13.8. The van der Waals surface area contributed by atoms with Gasteiger partial charge in [0, 0.05) is 5.41 Å². The van der Waals surface area contributed by atoms with Gasteiger partial charge in [0.25, 0.3) is 0 Å². The quantitative estimate of drug-likeness (QED) is 0.173. The first-order chi connectivity index (χ1) is 22.5. The number of aliphatic carboxylic acids is 1. The predicted molar refractivity (Wildman–Crippen MR) is 170 cm³/mol. The molecule has 2 N–H and O–H groups in total. The van der Waals surface area contributed by atoms with Crippen LogP contribution in [0, 0.1) is 45.8 Å². The third-order valence-electron chi connectivity index (χ3n) is 12.2. The SMILES string of the molecule is C=CCO[C@H]1[C@@H](O)[C@H](OC(=O)OCc2ccccc2)[C@H](OCC23CC4C(C)CCC4C4(C=O)CC2C=C(C(C)C)C43C(=O)O)O[C@@H]1C. The van der Waals surface area contributed by atoms with E-state index >= 15 is 0 Å². The molecule has 12 atom stereocenters. The van der Waals surface area contributed by atoms with E-state index in [1.54, 1.807) is 13.0 Å². The van der Waals surface area contributed by atoms with E-state index < -0.39 is 59.1 Å². The van der Waals surface area contributed by atoms with Gasteiger partial charge in [0.15, 0.2) is 12.4 Å². The second-order valence-electron chi connectivity index (χ2n) is 14.7. The van der Waals surface area contributed by atoms with Gasteiger partial charge in [0.2, 0.25) is 0 Å². The number of rotatable bonds is 12. The van der Waals surface area contributed by atoms with Gasteiger partial charge in [0.05, 0.1) is 24.7 Å². The van der Waals surface area contributed by atoms with Crippen LogP contribution in [0.25, 0.3) is 0 Å². The number of benzene rings is 1. The highest BCUT2D eigenvalue weighted by Crippen LogP contribution is 2.82. The molecule has 4 bridgehead atoms. The van der Waals surface area contributed by atoms with Gasteiger partial charge in [-0.2, -0.15) is 0 Å². The molecule has 0 radical (unpaired) electrons. The molecule has 1 aromatic rings. The number of fused-ring (bicyclic) bond motifs is 2. The second kappa shape index (κ2) is 12.8. The number of aliphatic hydroxyl groups is 1. The number of hydrogen-bond donors (Lipinski definition) is 2. The number of carbonyl (C=O) groups excluding carboxylic acids is 2. The van der Waals surface area contributed by atoms with Crippen molar-refractivity contribution in [2.75, 3.05) is 13.2 Å². The van der Waals surface area contributed by atoms with Crippen LogP contribution in [0.2, 0.25) is 0 Å². The zero-order valence-corrected chi connectivity index (χ0v) is 27.7. The molecular formula is C37H48O10. The fraction of sp³-hybridized carbons (Fsp3) is 0.649. The molecular weight excluding hydrogens is 604 g/mol. The highest BCUT2D eigenvalue weighted by molar-refractivity contribution is 5.90. The number of carbonyl (C=O) groups is 3. The van der Waals surface area contributed by atoms with Gasteiger partial charge in [-0.1, -0.05) is 75.2 Å². The molecule has 1 aromatic carbocycles. The van der Waals surface area contributed by atoms with Crippen LogP contribution < -0.4 is 0 Å². The fourth-order valence-corrected chi connectivity index (χ4v) is 10.4. The summed E-state index contributed by atoms with van der Waals surface area (Å²) in [5, 5.41) is 22.8. The molecule has 256 valence electrons. The second-order valence-corrected chi connectivity index (χ2v) is 14.7. The van der Waals surface area contributed by atoms with E-state index in [4.69, 9.17) is 23.7 Å². The van der Waals surface area contributed by atoms with E-state index in [9.17, 15) is 24.6 Å². The lowest BCUT2D eigenvalue weighted by Gasteiger charge is -2.58. The van der Waals surface area contributed by atoms with E-state index in [-0.39, 0.29) is 43.5 Å². The first kappa shape index (κ1) is 33.8. The number of aliphatic hydroxyl groups excluding tert-OH is 1. The Morgan fingerprint density at radius 2 is 1.85 bits per heavy atom. The molecule has 7 unspecified atom stereocenters. The standard InChI is InChI=1S/C37H48O10/c1-6-14-43-30-23(5)46-32(31(29(30)39)47-34(42)44-18-24-10-8-7-9-11-24)45-20-36-17-26-22(4)12-13-27(26)35(19-38)16-25(36)15-28(21(2)3)37(35,36)33(40)41/h6-11,15,19,21-23,25-27,29-32,39H,1,12-14,16-18,20H2,2-5H3,(H,40,41)/t22?,23-,25?,26?,27?,29-,30-,31+,32-,35?,36?,37?/m1/s1. The maximum Gasteiger partial charge on any atom is 0.509 e. The van der Waals surface area contributed by atoms with Crippen LogP contribution in [0.15, 0.2) is 54.6 Å². The Balaban J connectivity index is 1.32. The molecule has 47 heavy (non-hydrogen) atoms. The van der Waals surface area contributed by atoms with Crippen molar-refractivity contribution in [1.29, 1.82) is 0 Å². The molecule has 10 heteroatoms. The van der Waals surface area contributed by atoms with Gasteiger partial charge >= 0.3 is 12.1 Å². The third kappa shape index (κ3) is 5.01. The van der Waals surface area contributed by atoms with Crippen molar-refractivity contribution in [3.05, 3.63) is 60.2 Å². The summed E-state index contributed by atoms with van der Waals surface area (Å²) in [5.41, 5.74) is -1.85. The highest BCUT2D eigenvalue weighted by Gasteiger charge is 2.84. The largest absolute Gasteiger partial charge is 0.509 e. The minimum absolute atomic E-state index is 0.0160. The Hall–Kier alpha value is -3.05. The predicted octanol–water partition coefficient (Wildman–Crippen LogP) is 5.33. The van der Waals surface area contributed by atoms with Crippen molar-refractivity contribution in [2.45, 2.75) is 90.7 Å². The Morgan fingerprint density at radius 3 is 2.51 bits per heavy atom. The monoisotopic (exact) mass is 652 g/mol. The average molecular weight is 653 g/mol. The van der Waals surface area contributed by atoms with E-state index in [0.717, 1.165) is 30.3 Å². The van der Waals surface area contributed by atoms with Crippen LogP contribution in [-0.2, 0) is 39.9 Å². The summed E-state index contributed by atoms with van der Waals surface area (Å²) in [4.78, 5) is 40.2. The zero-order valence-electron chi connectivity index (χ0n) is 27.7. The summed E-state index contributed by atoms with van der Waals surface area (Å²) >= 11 is 0. The molecule has 4 fully saturated rings. The molecule has 6 rings (SSSR count). The van der Waals surface area contributed by atoms with Crippen LogP contribution in [0.3, 0.4) is 0 Å². The van der Waals surface area contributed by atoms with Crippen molar-refractivity contribution in [3.8, 4) is 0 Å². The zero-order chi connectivity index (χ0) is 33.7. The molecule has 10 nitrogen and oxygen atoms in total. The van der Waals surface area contributed by atoms with Crippen LogP contribution in [0.4, 0.5) is 4.79 Å². The molecule has 0 spiro atoms. The molecule has 1 saturated heterocycles. The average Bonchev–Trinajstić information content (AvgIpc) is 3.62. The minimum Gasteiger partial charge on any atom is -0.481 e. The molecule has 0 amide bonds. The fourth-order valence-electron chi connectivity index (χ4n) is 10.4. The summed E-state index contributed by atoms with van der Waals surface area (Å²) in [6.45, 7) is 11.6. The molecule has 1 aliphatic heterocycles. The number of ether oxygens (including phenoxy) is 5. The van der Waals surface area contributed by atoms with Crippen molar-refractivity contribution in [1.82, 2.24) is 0 Å². The third-order valence-corrected chi connectivity index (χ3v) is 12.2. The molecule has 3 saturated carbocycles. The van der Waals surface area contributed by atoms with Crippen molar-refractivity contribution in [3.63, 3.8) is 0 Å². The van der Waals surface area contributed by atoms with Crippen molar-refractivity contribution in [2.24, 2.45) is 45.8 Å². The van der Waals surface area contributed by atoms with Crippen LogP contribution >= 0.6 is 0 Å². The Labute approximate surface area is 276 Å². The van der Waals surface area contributed by atoms with E-state index in [1.807, 2.05) is 44.2 Å². The van der Waals surface area contributed by atoms with Gasteiger partial charge in [-0.05, 0) is 61.3 Å². The summed E-state index contributed by atoms with van der Waals surface area (Å²) < 4.78 is 29.7. The first-order valence-electron chi connectivity index (χ1n) is 16.9. The Bertz CT molecular complexity index is 1390. The topological polar surface area (TPSA) is 138 Å². The van der Waals surface area contributed by atoms with Gasteiger partial charge in [-0.3, -0.25) is 4.79 Å². The molecule has 5 aliphatic rings. The normalized spacial score (nSPS) is 41.7. The lowest BCUT2D eigenvalue weighted by molar-refractivity contribution is -0.309. The Morgan fingerprint density at radius 1 is 1.11 bits per heavy atom. The van der Waals surface area contributed by atoms with Gasteiger partial charge in [0.1, 0.15) is 30.5 Å². The van der Waals surface area contributed by atoms with E-state index in [2.05, 4.69) is 19.6 Å². The number of aldehydes is 1. The highest BCUT2D eigenvalue weighted by atomic mass is 16.8. The smallest absolute Gasteiger partial charge is 0.481 e. The van der Waals surface area contributed by atoms with E-state index in [1.165, 1.54) is 0 Å². The maximum absolute atomic E-state index is 13.8.